The number of nitrogens with one attached hydrogen (secondary N) is 1. The maximum atomic E-state index is 12.7. The van der Waals surface area contributed by atoms with Crippen LogP contribution in [0.2, 0.25) is 5.02 Å². The number of carbonyl (C=O) groups is 1. The lowest BCUT2D eigenvalue weighted by molar-refractivity contribution is -0.120. The van der Waals surface area contributed by atoms with Gasteiger partial charge in [-0.2, -0.15) is 4.31 Å². The Bertz CT molecular complexity index is 937. The fourth-order valence-electron chi connectivity index (χ4n) is 3.22. The van der Waals surface area contributed by atoms with Gasteiger partial charge in [0.15, 0.2) is 0 Å². The smallest absolute Gasteiger partial charge is 0.243 e. The minimum atomic E-state index is -3.56. The van der Waals surface area contributed by atoms with E-state index < -0.39 is 10.0 Å². The van der Waals surface area contributed by atoms with Crippen LogP contribution in [0.3, 0.4) is 0 Å². The molecule has 0 atom stereocenters. The van der Waals surface area contributed by atoms with Crippen LogP contribution in [0.1, 0.15) is 12.8 Å². The normalized spacial score (nSPS) is 16.0. The van der Waals surface area contributed by atoms with Crippen molar-refractivity contribution in [2.75, 3.05) is 37.4 Å². The number of amides is 1. The van der Waals surface area contributed by atoms with Crippen LogP contribution < -0.4 is 10.2 Å². The van der Waals surface area contributed by atoms with Gasteiger partial charge in [0.25, 0.3) is 0 Å². The van der Waals surface area contributed by atoms with Crippen molar-refractivity contribution in [1.29, 1.82) is 0 Å². The summed E-state index contributed by atoms with van der Waals surface area (Å²) in [5.74, 6) is -0.279. The van der Waals surface area contributed by atoms with Crippen LogP contribution in [0.4, 0.5) is 11.4 Å². The Kier molecular flexibility index (Phi) is 6.27. The Labute approximate surface area is 171 Å². The van der Waals surface area contributed by atoms with E-state index in [2.05, 4.69) is 5.32 Å². The number of rotatable bonds is 5. The predicted octanol–water partition coefficient (Wildman–Crippen LogP) is 3.45. The molecule has 0 aliphatic carbocycles. The third-order valence-corrected chi connectivity index (χ3v) is 7.07. The summed E-state index contributed by atoms with van der Waals surface area (Å²) in [6.45, 7) is 0.640. The first-order valence-electron chi connectivity index (χ1n) is 9.11. The number of carbonyl (C=O) groups excluding carboxylic acids is 1. The van der Waals surface area contributed by atoms with Crippen LogP contribution in [0.15, 0.2) is 53.4 Å². The molecule has 150 valence electrons. The van der Waals surface area contributed by atoms with E-state index in [4.69, 9.17) is 11.6 Å². The largest absolute Gasteiger partial charge is 0.378 e. The van der Waals surface area contributed by atoms with Crippen LogP contribution in [0.25, 0.3) is 0 Å². The van der Waals surface area contributed by atoms with Crippen LogP contribution in [-0.2, 0) is 14.8 Å². The van der Waals surface area contributed by atoms with Gasteiger partial charge in [-0.1, -0.05) is 17.7 Å². The minimum Gasteiger partial charge on any atom is -0.378 e. The Balaban J connectivity index is 1.61. The molecule has 28 heavy (non-hydrogen) atoms. The van der Waals surface area contributed by atoms with Crippen LogP contribution in [0, 0.1) is 5.92 Å². The number of hydrogen-bond donors (Lipinski definition) is 1. The Morgan fingerprint density at radius 2 is 1.75 bits per heavy atom. The molecule has 0 radical (unpaired) electrons. The number of piperidine rings is 1. The third-order valence-electron chi connectivity index (χ3n) is 4.91. The first-order chi connectivity index (χ1) is 13.3. The zero-order valence-corrected chi connectivity index (χ0v) is 17.5. The topological polar surface area (TPSA) is 69.7 Å². The molecule has 1 heterocycles. The fourth-order valence-corrected chi connectivity index (χ4v) is 4.82. The van der Waals surface area contributed by atoms with E-state index in [0.717, 1.165) is 11.4 Å². The molecule has 1 aliphatic rings. The average Bonchev–Trinajstić information content (AvgIpc) is 2.68. The summed E-state index contributed by atoms with van der Waals surface area (Å²) >= 11 is 5.84. The molecule has 0 aromatic heterocycles. The minimum absolute atomic E-state index is 0.0700. The first-order valence-corrected chi connectivity index (χ1v) is 10.9. The number of anilines is 2. The summed E-state index contributed by atoms with van der Waals surface area (Å²) in [7, 11) is 0.320. The Hall–Kier alpha value is -2.09. The van der Waals surface area contributed by atoms with Gasteiger partial charge in [0.1, 0.15) is 0 Å². The zero-order chi connectivity index (χ0) is 20.3. The molecule has 1 fully saturated rings. The fraction of sp³-hybridized carbons (Fsp3) is 0.350. The van der Waals surface area contributed by atoms with Crippen molar-refractivity contribution in [3.63, 3.8) is 0 Å². The highest BCUT2D eigenvalue weighted by Crippen LogP contribution is 2.26. The van der Waals surface area contributed by atoms with Crippen molar-refractivity contribution in [3.8, 4) is 0 Å². The quantitative estimate of drug-likeness (QED) is 0.802. The van der Waals surface area contributed by atoms with Gasteiger partial charge >= 0.3 is 0 Å². The molecule has 0 saturated carbocycles. The van der Waals surface area contributed by atoms with E-state index in [-0.39, 0.29) is 16.7 Å². The molecular formula is C20H24ClN3O3S. The first kappa shape index (κ1) is 20.6. The standard InChI is InChI=1S/C20H24ClN3O3S/c1-23(2)18-5-3-4-17(14-18)22-20(25)15-10-12-24(13-11-15)28(26,27)19-8-6-16(21)7-9-19/h3-9,14-15H,10-13H2,1-2H3,(H,22,25). The molecule has 0 bridgehead atoms. The molecule has 1 N–H and O–H groups in total. The molecule has 0 spiro atoms. The number of hydrogen-bond acceptors (Lipinski definition) is 4. The van der Waals surface area contributed by atoms with Gasteiger partial charge in [0.05, 0.1) is 4.90 Å². The van der Waals surface area contributed by atoms with Gasteiger partial charge in [-0.25, -0.2) is 8.42 Å². The summed E-state index contributed by atoms with van der Waals surface area (Å²) in [5, 5.41) is 3.44. The molecule has 1 aliphatic heterocycles. The monoisotopic (exact) mass is 421 g/mol. The molecule has 8 heteroatoms. The van der Waals surface area contributed by atoms with Crippen molar-refractivity contribution in [2.24, 2.45) is 5.92 Å². The maximum absolute atomic E-state index is 12.7. The van der Waals surface area contributed by atoms with E-state index in [1.807, 2.05) is 43.3 Å². The number of halogens is 1. The van der Waals surface area contributed by atoms with Crippen LogP contribution in [0.5, 0.6) is 0 Å². The Morgan fingerprint density at radius 1 is 1.11 bits per heavy atom. The maximum Gasteiger partial charge on any atom is 0.243 e. The van der Waals surface area contributed by atoms with Gasteiger partial charge in [-0.3, -0.25) is 4.79 Å². The third kappa shape index (κ3) is 4.66. The van der Waals surface area contributed by atoms with Gasteiger partial charge < -0.3 is 10.2 Å². The summed E-state index contributed by atoms with van der Waals surface area (Å²) in [6, 6.07) is 13.8. The lowest BCUT2D eigenvalue weighted by atomic mass is 9.97. The van der Waals surface area contributed by atoms with Crippen LogP contribution in [-0.4, -0.2) is 45.8 Å². The van der Waals surface area contributed by atoms with Crippen molar-refractivity contribution in [2.45, 2.75) is 17.7 Å². The molecule has 2 aromatic carbocycles. The molecule has 3 rings (SSSR count). The van der Waals surface area contributed by atoms with Crippen molar-refractivity contribution in [3.05, 3.63) is 53.6 Å². The number of nitrogens with zero attached hydrogens (tertiary/aromatic N) is 2. The number of benzene rings is 2. The molecule has 1 saturated heterocycles. The van der Waals surface area contributed by atoms with E-state index >= 15 is 0 Å². The SMILES string of the molecule is CN(C)c1cccc(NC(=O)C2CCN(S(=O)(=O)c3ccc(Cl)cc3)CC2)c1. The summed E-state index contributed by atoms with van der Waals surface area (Å²) in [5.41, 5.74) is 1.74. The molecule has 2 aromatic rings. The highest BCUT2D eigenvalue weighted by Gasteiger charge is 2.32. The Morgan fingerprint density at radius 3 is 2.36 bits per heavy atom. The molecule has 0 unspecified atom stereocenters. The highest BCUT2D eigenvalue weighted by molar-refractivity contribution is 7.89. The van der Waals surface area contributed by atoms with Crippen LogP contribution >= 0.6 is 11.6 Å². The molecule has 6 nitrogen and oxygen atoms in total. The summed E-state index contributed by atoms with van der Waals surface area (Å²) < 4.78 is 26.9. The molecular weight excluding hydrogens is 398 g/mol. The van der Waals surface area contributed by atoms with Gasteiger partial charge in [-0.15, -0.1) is 0 Å². The number of sulfonamides is 1. The second kappa shape index (κ2) is 8.51. The summed E-state index contributed by atoms with van der Waals surface area (Å²) in [6.07, 6.45) is 0.984. The lowest BCUT2D eigenvalue weighted by Gasteiger charge is -2.30. The van der Waals surface area contributed by atoms with Gasteiger partial charge in [-0.05, 0) is 55.3 Å². The highest BCUT2D eigenvalue weighted by atomic mass is 35.5. The predicted molar refractivity (Wildman–Crippen MR) is 112 cm³/mol. The van der Waals surface area contributed by atoms with E-state index in [1.54, 1.807) is 12.1 Å². The van der Waals surface area contributed by atoms with Gasteiger partial charge in [0, 0.05) is 49.5 Å². The molecule has 1 amide bonds. The van der Waals surface area contributed by atoms with Gasteiger partial charge in [0.2, 0.25) is 15.9 Å². The average molecular weight is 422 g/mol. The second-order valence-corrected chi connectivity index (χ2v) is 9.44. The van der Waals surface area contributed by atoms with E-state index in [9.17, 15) is 13.2 Å². The van der Waals surface area contributed by atoms with Crippen molar-refractivity contribution >= 4 is 38.9 Å². The van der Waals surface area contributed by atoms with E-state index in [0.29, 0.717) is 31.0 Å². The second-order valence-electron chi connectivity index (χ2n) is 7.07. The lowest BCUT2D eigenvalue weighted by Crippen LogP contribution is -2.41. The zero-order valence-electron chi connectivity index (χ0n) is 15.9. The van der Waals surface area contributed by atoms with E-state index in [1.165, 1.54) is 16.4 Å². The van der Waals surface area contributed by atoms with Crippen molar-refractivity contribution < 1.29 is 13.2 Å². The van der Waals surface area contributed by atoms with Crippen molar-refractivity contribution in [1.82, 2.24) is 4.31 Å². The summed E-state index contributed by atoms with van der Waals surface area (Å²) in [4.78, 5) is 14.8.